The van der Waals surface area contributed by atoms with Crippen molar-refractivity contribution >= 4 is 33.3 Å². The van der Waals surface area contributed by atoms with Crippen LogP contribution in [0.3, 0.4) is 0 Å². The molecule has 172 valence electrons. The van der Waals surface area contributed by atoms with Gasteiger partial charge < -0.3 is 15.5 Å². The Kier molecular flexibility index (Phi) is 7.20. The minimum atomic E-state index is -3.70. The number of rotatable bonds is 5. The van der Waals surface area contributed by atoms with Gasteiger partial charge in [0.1, 0.15) is 0 Å². The van der Waals surface area contributed by atoms with Crippen molar-refractivity contribution in [3.8, 4) is 0 Å². The van der Waals surface area contributed by atoms with Gasteiger partial charge in [0.05, 0.1) is 4.90 Å². The van der Waals surface area contributed by atoms with E-state index in [4.69, 9.17) is 0 Å². The summed E-state index contributed by atoms with van der Waals surface area (Å²) >= 11 is 0. The van der Waals surface area contributed by atoms with Gasteiger partial charge in [0.2, 0.25) is 15.9 Å². The fourth-order valence-electron chi connectivity index (χ4n) is 3.52. The van der Waals surface area contributed by atoms with E-state index >= 15 is 0 Å². The van der Waals surface area contributed by atoms with Crippen LogP contribution in [0, 0.1) is 5.92 Å². The van der Waals surface area contributed by atoms with Crippen LogP contribution in [0.4, 0.5) is 16.2 Å². The van der Waals surface area contributed by atoms with E-state index in [-0.39, 0.29) is 22.8 Å². The zero-order valence-corrected chi connectivity index (χ0v) is 19.4. The molecule has 0 bridgehead atoms. The van der Waals surface area contributed by atoms with Crippen molar-refractivity contribution in [2.45, 2.75) is 44.0 Å². The highest BCUT2D eigenvalue weighted by Gasteiger charge is 2.28. The van der Waals surface area contributed by atoms with Gasteiger partial charge in [-0.15, -0.1) is 0 Å². The topological polar surface area (TPSA) is 108 Å². The number of anilines is 2. The first-order valence-electron chi connectivity index (χ1n) is 10.6. The Labute approximate surface area is 189 Å². The predicted octanol–water partition coefficient (Wildman–Crippen LogP) is 3.65. The van der Waals surface area contributed by atoms with E-state index in [1.54, 1.807) is 37.8 Å². The number of nitrogens with zero attached hydrogens (tertiary/aromatic N) is 1. The Morgan fingerprint density at radius 1 is 0.906 bits per heavy atom. The second kappa shape index (κ2) is 9.70. The molecule has 0 atom stereocenters. The quantitative estimate of drug-likeness (QED) is 0.636. The van der Waals surface area contributed by atoms with E-state index in [0.29, 0.717) is 31.6 Å². The molecule has 0 saturated carbocycles. The van der Waals surface area contributed by atoms with Gasteiger partial charge in [0, 0.05) is 35.9 Å². The van der Waals surface area contributed by atoms with Crippen LogP contribution in [-0.4, -0.2) is 43.9 Å². The average molecular weight is 459 g/mol. The van der Waals surface area contributed by atoms with E-state index in [9.17, 15) is 18.0 Å². The highest BCUT2D eigenvalue weighted by molar-refractivity contribution is 7.89. The van der Waals surface area contributed by atoms with Crippen molar-refractivity contribution in [3.05, 3.63) is 54.6 Å². The van der Waals surface area contributed by atoms with Crippen LogP contribution < -0.4 is 15.4 Å². The van der Waals surface area contributed by atoms with Crippen LogP contribution in [0.25, 0.3) is 0 Å². The molecule has 0 radical (unpaired) electrons. The number of likely N-dealkylation sites (tertiary alicyclic amines) is 1. The van der Waals surface area contributed by atoms with Crippen LogP contribution in [0.5, 0.6) is 0 Å². The second-order valence-electron chi connectivity index (χ2n) is 8.93. The molecule has 1 aliphatic rings. The normalized spacial score (nSPS) is 15.3. The highest BCUT2D eigenvalue weighted by Crippen LogP contribution is 2.22. The maximum absolute atomic E-state index is 12.7. The summed E-state index contributed by atoms with van der Waals surface area (Å²) in [4.78, 5) is 26.9. The van der Waals surface area contributed by atoms with Crippen molar-refractivity contribution in [3.63, 3.8) is 0 Å². The molecule has 3 N–H and O–H groups in total. The van der Waals surface area contributed by atoms with E-state index in [0.717, 1.165) is 5.69 Å². The van der Waals surface area contributed by atoms with Crippen LogP contribution in [0.1, 0.15) is 33.6 Å². The van der Waals surface area contributed by atoms with Crippen molar-refractivity contribution < 1.29 is 18.0 Å². The fourth-order valence-corrected chi connectivity index (χ4v) is 4.98. The summed E-state index contributed by atoms with van der Waals surface area (Å²) in [7, 11) is -3.70. The average Bonchev–Trinajstić information content (AvgIpc) is 2.73. The van der Waals surface area contributed by atoms with Crippen molar-refractivity contribution in [2.75, 3.05) is 23.7 Å². The van der Waals surface area contributed by atoms with Crippen LogP contribution >= 0.6 is 0 Å². The Balaban J connectivity index is 1.56. The Morgan fingerprint density at radius 3 is 2.16 bits per heavy atom. The number of piperidine rings is 1. The van der Waals surface area contributed by atoms with Crippen molar-refractivity contribution in [1.82, 2.24) is 9.62 Å². The molecule has 0 unspecified atom stereocenters. The first-order chi connectivity index (χ1) is 15.0. The van der Waals surface area contributed by atoms with Gasteiger partial charge in [-0.05, 0) is 63.9 Å². The molecule has 32 heavy (non-hydrogen) atoms. The standard InChI is InChI=1S/C23H30N4O4S/c1-23(2,3)26-32(30,31)20-11-7-10-19(16-20)24-21(28)17-12-14-27(15-13-17)22(29)25-18-8-5-4-6-9-18/h4-11,16-17,26H,12-15H2,1-3H3,(H,24,28)(H,25,29). The maximum atomic E-state index is 12.7. The largest absolute Gasteiger partial charge is 0.326 e. The van der Waals surface area contributed by atoms with E-state index < -0.39 is 15.6 Å². The molecule has 2 aromatic carbocycles. The Morgan fingerprint density at radius 2 is 1.53 bits per heavy atom. The fraction of sp³-hybridized carbons (Fsp3) is 0.391. The molecule has 0 spiro atoms. The van der Waals surface area contributed by atoms with Gasteiger partial charge >= 0.3 is 6.03 Å². The molecule has 1 heterocycles. The van der Waals surface area contributed by atoms with E-state index in [1.165, 1.54) is 12.1 Å². The molecule has 8 nitrogen and oxygen atoms in total. The number of para-hydroxylation sites is 1. The minimum absolute atomic E-state index is 0.0950. The summed E-state index contributed by atoms with van der Waals surface area (Å²) in [5.41, 5.74) is 0.544. The third-order valence-electron chi connectivity index (χ3n) is 5.03. The number of benzene rings is 2. The lowest BCUT2D eigenvalue weighted by Crippen LogP contribution is -2.43. The number of amides is 3. The number of hydrogen-bond donors (Lipinski definition) is 3. The van der Waals surface area contributed by atoms with Crippen molar-refractivity contribution in [2.24, 2.45) is 5.92 Å². The maximum Gasteiger partial charge on any atom is 0.321 e. The molecule has 1 saturated heterocycles. The molecular formula is C23H30N4O4S. The predicted molar refractivity (Wildman–Crippen MR) is 125 cm³/mol. The lowest BCUT2D eigenvalue weighted by molar-refractivity contribution is -0.121. The Bertz CT molecular complexity index is 1060. The zero-order valence-electron chi connectivity index (χ0n) is 18.6. The molecular weight excluding hydrogens is 428 g/mol. The highest BCUT2D eigenvalue weighted by atomic mass is 32.2. The molecule has 3 rings (SSSR count). The van der Waals surface area contributed by atoms with E-state index in [2.05, 4.69) is 15.4 Å². The first-order valence-corrected chi connectivity index (χ1v) is 12.1. The third kappa shape index (κ3) is 6.54. The number of hydrogen-bond acceptors (Lipinski definition) is 4. The molecule has 2 aromatic rings. The number of carbonyl (C=O) groups excluding carboxylic acids is 2. The summed E-state index contributed by atoms with van der Waals surface area (Å²) in [6, 6.07) is 15.3. The number of nitrogens with one attached hydrogen (secondary N) is 3. The van der Waals surface area contributed by atoms with E-state index in [1.807, 2.05) is 30.3 Å². The molecule has 1 aliphatic heterocycles. The molecule has 9 heteroatoms. The van der Waals surface area contributed by atoms with Gasteiger partial charge in [-0.1, -0.05) is 24.3 Å². The van der Waals surface area contributed by atoms with Gasteiger partial charge in [0.25, 0.3) is 0 Å². The van der Waals surface area contributed by atoms with Gasteiger partial charge in [0.15, 0.2) is 0 Å². The summed E-state index contributed by atoms with van der Waals surface area (Å²) in [5.74, 6) is -0.421. The third-order valence-corrected chi connectivity index (χ3v) is 6.79. The monoisotopic (exact) mass is 458 g/mol. The zero-order chi connectivity index (χ0) is 23.4. The van der Waals surface area contributed by atoms with Gasteiger partial charge in [-0.2, -0.15) is 0 Å². The smallest absolute Gasteiger partial charge is 0.321 e. The van der Waals surface area contributed by atoms with Gasteiger partial charge in [-0.25, -0.2) is 17.9 Å². The number of sulfonamides is 1. The SMILES string of the molecule is CC(C)(C)NS(=O)(=O)c1cccc(NC(=O)C2CCN(C(=O)Nc3ccccc3)CC2)c1. The molecule has 1 fully saturated rings. The summed E-state index contributed by atoms with van der Waals surface area (Å²) in [6.07, 6.45) is 1.08. The first kappa shape index (κ1) is 23.7. The summed E-state index contributed by atoms with van der Waals surface area (Å²) < 4.78 is 27.7. The molecule has 0 aliphatic carbocycles. The van der Waals surface area contributed by atoms with Crippen LogP contribution in [-0.2, 0) is 14.8 Å². The minimum Gasteiger partial charge on any atom is -0.326 e. The lowest BCUT2D eigenvalue weighted by atomic mass is 9.96. The second-order valence-corrected chi connectivity index (χ2v) is 10.6. The van der Waals surface area contributed by atoms with Gasteiger partial charge in [-0.3, -0.25) is 4.79 Å². The molecule has 0 aromatic heterocycles. The number of urea groups is 1. The summed E-state index contributed by atoms with van der Waals surface area (Å²) in [5, 5.41) is 5.68. The number of carbonyl (C=O) groups is 2. The summed E-state index contributed by atoms with van der Waals surface area (Å²) in [6.45, 7) is 6.25. The van der Waals surface area contributed by atoms with Crippen LogP contribution in [0.15, 0.2) is 59.5 Å². The molecule has 3 amide bonds. The van der Waals surface area contributed by atoms with Crippen molar-refractivity contribution in [1.29, 1.82) is 0 Å². The lowest BCUT2D eigenvalue weighted by Gasteiger charge is -2.31. The Hall–Kier alpha value is -2.91. The van der Waals surface area contributed by atoms with Crippen LogP contribution in [0.2, 0.25) is 0 Å².